The van der Waals surface area contributed by atoms with Crippen LogP contribution in [0.25, 0.3) is 0 Å². The summed E-state index contributed by atoms with van der Waals surface area (Å²) in [4.78, 5) is 0. The van der Waals surface area contributed by atoms with E-state index in [1.54, 1.807) is 0 Å². The predicted octanol–water partition coefficient (Wildman–Crippen LogP) is 3.41. The second-order valence-electron chi connectivity index (χ2n) is 4.70. The number of likely N-dealkylation sites (N-methyl/N-ethyl adjacent to an activating group) is 1. The van der Waals surface area contributed by atoms with Gasteiger partial charge in [-0.1, -0.05) is 37.3 Å². The topological polar surface area (TPSA) is 21.3 Å². The van der Waals surface area contributed by atoms with E-state index in [4.69, 9.17) is 4.74 Å². The van der Waals surface area contributed by atoms with Gasteiger partial charge in [-0.2, -0.15) is 0 Å². The Kier molecular flexibility index (Phi) is 7.70. The van der Waals surface area contributed by atoms with Gasteiger partial charge in [0.1, 0.15) is 0 Å². The molecule has 2 heteroatoms. The third-order valence-corrected chi connectivity index (χ3v) is 3.29. The lowest BCUT2D eigenvalue weighted by Gasteiger charge is -2.24. The zero-order valence-corrected chi connectivity index (χ0v) is 12.0. The van der Waals surface area contributed by atoms with Gasteiger partial charge in [-0.05, 0) is 45.2 Å². The second-order valence-corrected chi connectivity index (χ2v) is 4.70. The van der Waals surface area contributed by atoms with Crippen LogP contribution in [0.4, 0.5) is 0 Å². The number of ether oxygens (including phenoxy) is 1. The molecular formula is C16H27NO. The number of nitrogens with one attached hydrogen (secondary N) is 1. The monoisotopic (exact) mass is 249 g/mol. The van der Waals surface area contributed by atoms with Crippen molar-refractivity contribution in [1.29, 1.82) is 0 Å². The molecule has 1 aromatic carbocycles. The Balaban J connectivity index is 2.33. The summed E-state index contributed by atoms with van der Waals surface area (Å²) in [5.74, 6) is 0. The summed E-state index contributed by atoms with van der Waals surface area (Å²) in [6, 6.07) is 11.2. The highest BCUT2D eigenvalue weighted by Crippen LogP contribution is 2.10. The molecule has 1 rings (SSSR count). The van der Waals surface area contributed by atoms with Gasteiger partial charge in [-0.15, -0.1) is 0 Å². The van der Waals surface area contributed by atoms with Gasteiger partial charge in [0.25, 0.3) is 0 Å². The minimum Gasteiger partial charge on any atom is -0.377 e. The molecule has 2 nitrogen and oxygen atoms in total. The zero-order valence-electron chi connectivity index (χ0n) is 12.0. The number of hydrogen-bond donors (Lipinski definition) is 1. The molecule has 0 aliphatic carbocycles. The van der Waals surface area contributed by atoms with E-state index in [0.29, 0.717) is 12.1 Å². The molecule has 2 atom stereocenters. The van der Waals surface area contributed by atoms with Crippen molar-refractivity contribution in [3.63, 3.8) is 0 Å². The number of rotatable bonds is 9. The fourth-order valence-corrected chi connectivity index (χ4v) is 2.31. The first-order valence-electron chi connectivity index (χ1n) is 7.16. The molecular weight excluding hydrogens is 222 g/mol. The highest BCUT2D eigenvalue weighted by atomic mass is 16.5. The summed E-state index contributed by atoms with van der Waals surface area (Å²) in [6.07, 6.45) is 3.83. The highest BCUT2D eigenvalue weighted by molar-refractivity contribution is 5.14. The molecule has 0 amide bonds. The van der Waals surface area contributed by atoms with Gasteiger partial charge in [-0.25, -0.2) is 0 Å². The first-order valence-corrected chi connectivity index (χ1v) is 7.16. The van der Waals surface area contributed by atoms with Gasteiger partial charge in [0.2, 0.25) is 0 Å². The first kappa shape index (κ1) is 15.2. The molecule has 2 unspecified atom stereocenters. The summed E-state index contributed by atoms with van der Waals surface area (Å²) in [6.45, 7) is 8.18. The zero-order chi connectivity index (χ0) is 13.2. The second kappa shape index (κ2) is 9.12. The Morgan fingerprint density at radius 3 is 2.50 bits per heavy atom. The number of benzene rings is 1. The third kappa shape index (κ3) is 5.65. The minimum absolute atomic E-state index is 0.297. The maximum absolute atomic E-state index is 5.70. The van der Waals surface area contributed by atoms with Gasteiger partial charge in [-0.3, -0.25) is 0 Å². The molecule has 0 aliphatic heterocycles. The molecule has 102 valence electrons. The van der Waals surface area contributed by atoms with E-state index in [1.807, 2.05) is 0 Å². The van der Waals surface area contributed by atoms with Crippen molar-refractivity contribution < 1.29 is 4.74 Å². The summed E-state index contributed by atoms with van der Waals surface area (Å²) < 4.78 is 5.70. The molecule has 0 aromatic heterocycles. The Bertz CT molecular complexity index is 299. The van der Waals surface area contributed by atoms with Crippen LogP contribution < -0.4 is 5.32 Å². The van der Waals surface area contributed by atoms with Crippen molar-refractivity contribution in [2.45, 2.75) is 52.2 Å². The largest absolute Gasteiger partial charge is 0.377 e. The highest BCUT2D eigenvalue weighted by Gasteiger charge is 2.15. The average Bonchev–Trinajstić information content (AvgIpc) is 2.39. The molecule has 18 heavy (non-hydrogen) atoms. The maximum Gasteiger partial charge on any atom is 0.0699 e. The van der Waals surface area contributed by atoms with E-state index in [9.17, 15) is 0 Å². The molecule has 1 aromatic rings. The van der Waals surface area contributed by atoms with Crippen molar-refractivity contribution >= 4 is 0 Å². The van der Waals surface area contributed by atoms with Crippen LogP contribution in [0.5, 0.6) is 0 Å². The van der Waals surface area contributed by atoms with Crippen molar-refractivity contribution in [1.82, 2.24) is 5.32 Å². The molecule has 0 spiro atoms. The quantitative estimate of drug-likeness (QED) is 0.724. The molecule has 0 radical (unpaired) electrons. The van der Waals surface area contributed by atoms with Crippen LogP contribution in [-0.4, -0.2) is 25.3 Å². The molecule has 0 aliphatic rings. The van der Waals surface area contributed by atoms with Crippen LogP contribution in [0.1, 0.15) is 39.2 Å². The molecule has 0 bridgehead atoms. The van der Waals surface area contributed by atoms with E-state index >= 15 is 0 Å². The third-order valence-electron chi connectivity index (χ3n) is 3.29. The van der Waals surface area contributed by atoms with Crippen molar-refractivity contribution in [2.75, 3.05) is 13.2 Å². The van der Waals surface area contributed by atoms with Gasteiger partial charge >= 0.3 is 0 Å². The van der Waals surface area contributed by atoms with Gasteiger partial charge < -0.3 is 10.1 Å². The maximum atomic E-state index is 5.70. The van der Waals surface area contributed by atoms with Crippen molar-refractivity contribution in [3.8, 4) is 0 Å². The van der Waals surface area contributed by atoms with Gasteiger partial charge in [0.05, 0.1) is 6.10 Å². The van der Waals surface area contributed by atoms with E-state index in [-0.39, 0.29) is 0 Å². The minimum atomic E-state index is 0.297. The number of hydrogen-bond acceptors (Lipinski definition) is 2. The summed E-state index contributed by atoms with van der Waals surface area (Å²) >= 11 is 0. The first-order chi connectivity index (χ1) is 8.77. The predicted molar refractivity (Wildman–Crippen MR) is 77.9 cm³/mol. The SMILES string of the molecule is CCNC(CCCc1ccccc1)C(C)OCC. The Labute approximate surface area is 112 Å². The Hall–Kier alpha value is -0.860. The smallest absolute Gasteiger partial charge is 0.0699 e. The van der Waals surface area contributed by atoms with Crippen molar-refractivity contribution in [2.24, 2.45) is 0 Å². The standard InChI is InChI=1S/C16H27NO/c1-4-17-16(14(3)18-5-2)13-9-12-15-10-7-6-8-11-15/h6-8,10-11,14,16-17H,4-5,9,12-13H2,1-3H3. The van der Waals surface area contributed by atoms with Crippen LogP contribution in [0, 0.1) is 0 Å². The summed E-state index contributed by atoms with van der Waals surface area (Å²) in [7, 11) is 0. The fraction of sp³-hybridized carbons (Fsp3) is 0.625. The lowest BCUT2D eigenvalue weighted by atomic mass is 10.0. The van der Waals surface area contributed by atoms with E-state index in [1.165, 1.54) is 18.4 Å². The molecule has 1 N–H and O–H groups in total. The van der Waals surface area contributed by atoms with E-state index in [0.717, 1.165) is 19.6 Å². The van der Waals surface area contributed by atoms with E-state index in [2.05, 4.69) is 56.4 Å². The summed E-state index contributed by atoms with van der Waals surface area (Å²) in [5.41, 5.74) is 1.43. The van der Waals surface area contributed by atoms with Crippen LogP contribution in [0.2, 0.25) is 0 Å². The lowest BCUT2D eigenvalue weighted by molar-refractivity contribution is 0.0451. The molecule has 0 saturated carbocycles. The van der Waals surface area contributed by atoms with Crippen LogP contribution in [0.3, 0.4) is 0 Å². The van der Waals surface area contributed by atoms with Crippen LogP contribution in [-0.2, 0) is 11.2 Å². The van der Waals surface area contributed by atoms with E-state index < -0.39 is 0 Å². The summed E-state index contributed by atoms with van der Waals surface area (Å²) in [5, 5.41) is 3.53. The Morgan fingerprint density at radius 1 is 1.17 bits per heavy atom. The molecule has 0 fully saturated rings. The van der Waals surface area contributed by atoms with Crippen LogP contribution >= 0.6 is 0 Å². The lowest BCUT2D eigenvalue weighted by Crippen LogP contribution is -2.39. The van der Waals surface area contributed by atoms with Gasteiger partial charge in [0, 0.05) is 12.6 Å². The van der Waals surface area contributed by atoms with Crippen LogP contribution in [0.15, 0.2) is 30.3 Å². The average molecular weight is 249 g/mol. The van der Waals surface area contributed by atoms with Gasteiger partial charge in [0.15, 0.2) is 0 Å². The Morgan fingerprint density at radius 2 is 1.89 bits per heavy atom. The number of aryl methyl sites for hydroxylation is 1. The fourth-order valence-electron chi connectivity index (χ4n) is 2.31. The molecule has 0 saturated heterocycles. The molecule has 0 heterocycles. The van der Waals surface area contributed by atoms with Crippen molar-refractivity contribution in [3.05, 3.63) is 35.9 Å². The normalized spacial score (nSPS) is 14.4.